The summed E-state index contributed by atoms with van der Waals surface area (Å²) in [5, 5.41) is 8.80. The van der Waals surface area contributed by atoms with Gasteiger partial charge in [0.1, 0.15) is 19.8 Å². The minimum atomic E-state index is -4.67. The molecular formula is C48H78NO9P. The van der Waals surface area contributed by atoms with Crippen LogP contribution in [0.15, 0.2) is 109 Å². The molecule has 0 spiro atoms. The largest absolute Gasteiger partial charge is 0.756 e. The van der Waals surface area contributed by atoms with Crippen LogP contribution in [-0.4, -0.2) is 81.7 Å². The maximum atomic E-state index is 12.6. The number of phosphoric ester groups is 1. The van der Waals surface area contributed by atoms with E-state index in [0.717, 1.165) is 77.0 Å². The third kappa shape index (κ3) is 44.0. The zero-order valence-corrected chi connectivity index (χ0v) is 37.7. The van der Waals surface area contributed by atoms with Crippen molar-refractivity contribution < 1.29 is 47.2 Å². The number of carbonyl (C=O) groups is 2. The lowest BCUT2D eigenvalue weighted by molar-refractivity contribution is -0.870. The van der Waals surface area contributed by atoms with Crippen molar-refractivity contribution in [3.63, 3.8) is 0 Å². The second-order valence-corrected chi connectivity index (χ2v) is 16.5. The number of unbranched alkanes of at least 4 members (excludes halogenated alkanes) is 5. The van der Waals surface area contributed by atoms with E-state index < -0.39 is 32.5 Å². The van der Waals surface area contributed by atoms with Gasteiger partial charge in [-0.2, -0.15) is 0 Å². The molecule has 0 aromatic rings. The number of nitrogens with zero attached hydrogens (tertiary/aromatic N) is 1. The average Bonchev–Trinajstić information content (AvgIpc) is 3.19. The number of aliphatic hydroxyl groups is 1. The van der Waals surface area contributed by atoms with Crippen LogP contribution in [0.5, 0.6) is 0 Å². The van der Waals surface area contributed by atoms with Gasteiger partial charge < -0.3 is 33.0 Å². The highest BCUT2D eigenvalue weighted by molar-refractivity contribution is 7.45. The van der Waals surface area contributed by atoms with Gasteiger partial charge in [-0.3, -0.25) is 14.2 Å². The molecule has 0 fully saturated rings. The number of hydrogen-bond donors (Lipinski definition) is 1. The standard InChI is InChI=1S/C48H78NO9P/c1-5-6-7-8-9-10-11-12-13-15-19-22-25-28-31-34-37-40-48(52)58-46(45-57-59(53,54)56-43-41-49(2,3)4)44-55-47(51)39-36-33-30-27-24-21-18-16-14-17-20-23-26-29-32-35-38-42-50/h6-7,9-10,12-14,17-19,21-23,26-28,30-31,46,50H,5,8,11,15-16,20,24-25,29,32-45H2,1-4H3/b7-6-,10-9-,13-12-,17-14-,21-18-,22-19-,26-23-,30-27-,31-28-/t46-/m1/s1. The van der Waals surface area contributed by atoms with Gasteiger partial charge in [-0.25, -0.2) is 0 Å². The Kier molecular flexibility index (Phi) is 37.8. The number of phosphoric acid groups is 1. The van der Waals surface area contributed by atoms with Crippen LogP contribution in [0.2, 0.25) is 0 Å². The molecule has 0 aliphatic heterocycles. The van der Waals surface area contributed by atoms with Crippen LogP contribution in [-0.2, 0) is 32.7 Å². The topological polar surface area (TPSA) is 131 Å². The number of esters is 2. The van der Waals surface area contributed by atoms with Crippen LogP contribution < -0.4 is 4.89 Å². The molecule has 10 nitrogen and oxygen atoms in total. The van der Waals surface area contributed by atoms with Gasteiger partial charge in [-0.1, -0.05) is 123 Å². The quantitative estimate of drug-likeness (QED) is 0.0212. The molecule has 59 heavy (non-hydrogen) atoms. The molecular weight excluding hydrogens is 766 g/mol. The van der Waals surface area contributed by atoms with Gasteiger partial charge in [0, 0.05) is 19.4 Å². The first-order valence-corrected chi connectivity index (χ1v) is 23.2. The monoisotopic (exact) mass is 844 g/mol. The molecule has 2 atom stereocenters. The van der Waals surface area contributed by atoms with E-state index in [1.165, 1.54) is 0 Å². The van der Waals surface area contributed by atoms with Gasteiger partial charge in [-0.15, -0.1) is 0 Å². The molecule has 0 aromatic carbocycles. The van der Waals surface area contributed by atoms with Crippen LogP contribution in [0.4, 0.5) is 0 Å². The molecule has 0 bridgehead atoms. The van der Waals surface area contributed by atoms with Crippen molar-refractivity contribution in [3.8, 4) is 0 Å². The van der Waals surface area contributed by atoms with Gasteiger partial charge in [0.15, 0.2) is 6.10 Å². The summed E-state index contributed by atoms with van der Waals surface area (Å²) in [6.07, 6.45) is 51.5. The molecule has 0 aliphatic carbocycles. The normalized spacial score (nSPS) is 14.6. The molecule has 11 heteroatoms. The van der Waals surface area contributed by atoms with Gasteiger partial charge in [0.05, 0.1) is 27.7 Å². The highest BCUT2D eigenvalue weighted by atomic mass is 31.2. The van der Waals surface area contributed by atoms with Crippen LogP contribution in [0.3, 0.4) is 0 Å². The predicted molar refractivity (Wildman–Crippen MR) is 241 cm³/mol. The summed E-state index contributed by atoms with van der Waals surface area (Å²) >= 11 is 0. The van der Waals surface area contributed by atoms with Crippen molar-refractivity contribution in [2.75, 3.05) is 54.1 Å². The zero-order chi connectivity index (χ0) is 43.6. The smallest absolute Gasteiger partial charge is 0.306 e. The van der Waals surface area contributed by atoms with Gasteiger partial charge in [0.2, 0.25) is 0 Å². The maximum absolute atomic E-state index is 12.6. The molecule has 0 saturated heterocycles. The number of likely N-dealkylation sites (N-methyl/N-ethyl adjacent to an activating group) is 1. The van der Waals surface area contributed by atoms with E-state index in [1.54, 1.807) is 0 Å². The van der Waals surface area contributed by atoms with E-state index >= 15 is 0 Å². The fourth-order valence-corrected chi connectivity index (χ4v) is 5.68. The van der Waals surface area contributed by atoms with Crippen molar-refractivity contribution >= 4 is 19.8 Å². The second-order valence-electron chi connectivity index (χ2n) is 15.0. The lowest BCUT2D eigenvalue weighted by atomic mass is 10.2. The highest BCUT2D eigenvalue weighted by Crippen LogP contribution is 2.38. The SMILES string of the molecule is CC/C=C\C/C=C\C/C=C\C/C=C\C/C=C\CCCC(=O)O[C@H](COC(=O)CCC/C=C\C/C=C\C/C=C\C/C=C\CCCCCO)COP(=O)([O-])OCC[N+](C)(C)C. The van der Waals surface area contributed by atoms with Gasteiger partial charge in [0.25, 0.3) is 7.82 Å². The number of hydrogen-bond acceptors (Lipinski definition) is 9. The summed E-state index contributed by atoms with van der Waals surface area (Å²) in [5.41, 5.74) is 0. The summed E-state index contributed by atoms with van der Waals surface area (Å²) in [6, 6.07) is 0. The first-order valence-electron chi connectivity index (χ1n) is 21.7. The summed E-state index contributed by atoms with van der Waals surface area (Å²) in [5.74, 6) is -0.997. The minimum absolute atomic E-state index is 0.0613. The van der Waals surface area contributed by atoms with Gasteiger partial charge in [-0.05, 0) is 96.3 Å². The van der Waals surface area contributed by atoms with E-state index in [-0.39, 0.29) is 32.7 Å². The summed E-state index contributed by atoms with van der Waals surface area (Å²) in [6.45, 7) is 1.95. The van der Waals surface area contributed by atoms with E-state index in [2.05, 4.69) is 104 Å². The molecule has 334 valence electrons. The third-order valence-electron chi connectivity index (χ3n) is 8.33. The Hall–Kier alpha value is -3.37. The van der Waals surface area contributed by atoms with E-state index in [4.69, 9.17) is 23.6 Å². The summed E-state index contributed by atoms with van der Waals surface area (Å²) in [4.78, 5) is 37.5. The molecule has 0 amide bonds. The van der Waals surface area contributed by atoms with Gasteiger partial charge >= 0.3 is 11.9 Å². The molecule has 0 radical (unpaired) electrons. The van der Waals surface area contributed by atoms with Crippen LogP contribution >= 0.6 is 7.82 Å². The fraction of sp³-hybridized carbons (Fsp3) is 0.583. The molecule has 0 rings (SSSR count). The Bertz CT molecular complexity index is 1370. The van der Waals surface area contributed by atoms with E-state index in [9.17, 15) is 19.0 Å². The summed E-state index contributed by atoms with van der Waals surface area (Å²) in [7, 11) is 1.06. The highest BCUT2D eigenvalue weighted by Gasteiger charge is 2.21. The van der Waals surface area contributed by atoms with Crippen LogP contribution in [0, 0.1) is 0 Å². The Morgan fingerprint density at radius 2 is 1.00 bits per heavy atom. The molecule has 0 aromatic heterocycles. The molecule has 0 aliphatic rings. The molecule has 0 saturated carbocycles. The fourth-order valence-electron chi connectivity index (χ4n) is 4.95. The van der Waals surface area contributed by atoms with E-state index in [1.807, 2.05) is 33.3 Å². The molecule has 1 N–H and O–H groups in total. The second kappa shape index (κ2) is 40.1. The lowest BCUT2D eigenvalue weighted by Gasteiger charge is -2.28. The average molecular weight is 844 g/mol. The number of ether oxygens (including phenoxy) is 2. The molecule has 0 heterocycles. The number of rotatable bonds is 38. The Morgan fingerprint density at radius 3 is 1.44 bits per heavy atom. The number of aliphatic hydroxyl groups excluding tert-OH is 1. The Morgan fingerprint density at radius 1 is 0.576 bits per heavy atom. The van der Waals surface area contributed by atoms with Crippen molar-refractivity contribution in [1.82, 2.24) is 0 Å². The summed E-state index contributed by atoms with van der Waals surface area (Å²) < 4.78 is 33.7. The number of quaternary nitrogens is 1. The predicted octanol–water partition coefficient (Wildman–Crippen LogP) is 10.7. The number of allylic oxidation sites excluding steroid dienone is 18. The minimum Gasteiger partial charge on any atom is -0.756 e. The Balaban J connectivity index is 4.58. The Labute approximate surface area is 358 Å². The number of carbonyl (C=O) groups excluding carboxylic acids is 2. The van der Waals surface area contributed by atoms with Crippen LogP contribution in [0.1, 0.15) is 122 Å². The lowest BCUT2D eigenvalue weighted by Crippen LogP contribution is -2.37. The first kappa shape index (κ1) is 55.6. The van der Waals surface area contributed by atoms with Crippen molar-refractivity contribution in [2.24, 2.45) is 0 Å². The van der Waals surface area contributed by atoms with Crippen molar-refractivity contribution in [1.29, 1.82) is 0 Å². The maximum Gasteiger partial charge on any atom is 0.306 e. The molecule has 1 unspecified atom stereocenters. The first-order chi connectivity index (χ1) is 28.5. The van der Waals surface area contributed by atoms with Crippen molar-refractivity contribution in [2.45, 2.75) is 129 Å². The van der Waals surface area contributed by atoms with E-state index in [0.29, 0.717) is 36.7 Å². The zero-order valence-electron chi connectivity index (χ0n) is 36.8. The van der Waals surface area contributed by atoms with Crippen molar-refractivity contribution in [3.05, 3.63) is 109 Å². The van der Waals surface area contributed by atoms with Crippen LogP contribution in [0.25, 0.3) is 0 Å². The third-order valence-corrected chi connectivity index (χ3v) is 9.30.